The zero-order valence-electron chi connectivity index (χ0n) is 27.7. The molecule has 244 valence electrons. The van der Waals surface area contributed by atoms with Crippen LogP contribution in [-0.4, -0.2) is 9.97 Å². The van der Waals surface area contributed by atoms with Gasteiger partial charge >= 0.3 is 0 Å². The van der Waals surface area contributed by atoms with E-state index in [1.807, 2.05) is 72.3 Å². The van der Waals surface area contributed by atoms with E-state index in [4.69, 9.17) is 18.8 Å². The van der Waals surface area contributed by atoms with Crippen LogP contribution in [0.3, 0.4) is 0 Å². The Morgan fingerprint density at radius 1 is 0.423 bits per heavy atom. The van der Waals surface area contributed by atoms with Crippen LogP contribution >= 0.6 is 11.3 Å². The highest BCUT2D eigenvalue weighted by Crippen LogP contribution is 2.46. The van der Waals surface area contributed by atoms with Crippen molar-refractivity contribution in [2.75, 3.05) is 4.90 Å². The van der Waals surface area contributed by atoms with Crippen LogP contribution in [0.25, 0.3) is 86.6 Å². The number of anilines is 3. The lowest BCUT2D eigenvalue weighted by Crippen LogP contribution is -2.10. The van der Waals surface area contributed by atoms with E-state index >= 15 is 0 Å². The van der Waals surface area contributed by atoms with Crippen molar-refractivity contribution in [1.29, 1.82) is 0 Å². The molecule has 6 heteroatoms. The molecule has 0 saturated carbocycles. The third-order valence-corrected chi connectivity index (χ3v) is 11.1. The third kappa shape index (κ3) is 4.41. The van der Waals surface area contributed by atoms with Crippen molar-refractivity contribution in [1.82, 2.24) is 9.97 Å². The topological polar surface area (TPSA) is 55.3 Å². The largest absolute Gasteiger partial charge is 0.454 e. The average molecular weight is 686 g/mol. The van der Waals surface area contributed by atoms with Gasteiger partial charge in [-0.15, -0.1) is 11.3 Å². The van der Waals surface area contributed by atoms with E-state index < -0.39 is 0 Å². The number of hydrogen-bond acceptors (Lipinski definition) is 6. The summed E-state index contributed by atoms with van der Waals surface area (Å²) in [4.78, 5) is 11.9. The predicted octanol–water partition coefficient (Wildman–Crippen LogP) is 13.4. The number of pyridine rings is 2. The van der Waals surface area contributed by atoms with Gasteiger partial charge in [0.25, 0.3) is 0 Å². The van der Waals surface area contributed by atoms with Crippen molar-refractivity contribution in [2.24, 2.45) is 0 Å². The summed E-state index contributed by atoms with van der Waals surface area (Å²) in [7, 11) is 0. The first kappa shape index (κ1) is 29.0. The smallest absolute Gasteiger partial charge is 0.161 e. The summed E-state index contributed by atoms with van der Waals surface area (Å²) in [6.45, 7) is 0. The summed E-state index contributed by atoms with van der Waals surface area (Å²) < 4.78 is 15.2. The molecule has 5 heterocycles. The quantitative estimate of drug-likeness (QED) is 0.180. The molecular weight excluding hydrogens is 659 g/mol. The van der Waals surface area contributed by atoms with Crippen LogP contribution < -0.4 is 4.90 Å². The standard InChI is InChI=1S/C46H27N3O2S/c1-4-12-38-32(8-1)34-24-26-47-43(45(34)50-38)28-16-20-30(21-17-28)49(37-11-7-15-41-42(37)36-10-3-6-14-40(36)52-41)31-22-18-29(19-23-31)44-46-35(25-27-48-44)33-9-2-5-13-39(33)51-46/h1-27H. The Hall–Kier alpha value is -6.76. The predicted molar refractivity (Wildman–Crippen MR) is 215 cm³/mol. The van der Waals surface area contributed by atoms with Crippen LogP contribution in [0, 0.1) is 0 Å². The highest BCUT2D eigenvalue weighted by molar-refractivity contribution is 7.26. The molecule has 52 heavy (non-hydrogen) atoms. The number of benzene rings is 6. The molecule has 0 spiro atoms. The number of para-hydroxylation sites is 2. The number of rotatable bonds is 5. The first-order chi connectivity index (χ1) is 25.8. The number of thiophene rings is 1. The molecule has 0 amide bonds. The summed E-state index contributed by atoms with van der Waals surface area (Å²) in [5.41, 5.74) is 10.1. The van der Waals surface area contributed by atoms with Gasteiger partial charge in [-0.3, -0.25) is 9.97 Å². The maximum Gasteiger partial charge on any atom is 0.161 e. The van der Waals surface area contributed by atoms with Crippen LogP contribution in [0.4, 0.5) is 17.1 Å². The van der Waals surface area contributed by atoms with E-state index in [1.54, 1.807) is 0 Å². The summed E-state index contributed by atoms with van der Waals surface area (Å²) in [6.07, 6.45) is 3.73. The Bertz CT molecular complexity index is 2980. The number of aromatic nitrogens is 2. The number of furan rings is 2. The zero-order valence-corrected chi connectivity index (χ0v) is 28.5. The molecule has 0 saturated heterocycles. The van der Waals surface area contributed by atoms with Gasteiger partial charge in [0.15, 0.2) is 11.2 Å². The van der Waals surface area contributed by atoms with E-state index in [1.165, 1.54) is 20.2 Å². The van der Waals surface area contributed by atoms with Gasteiger partial charge in [-0.25, -0.2) is 0 Å². The lowest BCUT2D eigenvalue weighted by atomic mass is 10.0. The SMILES string of the molecule is c1ccc2c(c1)oc1c(-c3ccc(N(c4ccc(-c5nccc6c5oc5ccccc56)cc4)c4cccc5sc6ccccc6c45)cc3)nccc12. The zero-order chi connectivity index (χ0) is 34.2. The van der Waals surface area contributed by atoms with Crippen LogP contribution in [0.2, 0.25) is 0 Å². The molecule has 0 aliphatic carbocycles. The molecule has 6 aromatic carbocycles. The second-order valence-corrected chi connectivity index (χ2v) is 14.0. The Morgan fingerprint density at radius 2 is 0.923 bits per heavy atom. The maximum absolute atomic E-state index is 6.34. The molecule has 0 fully saturated rings. The Labute approximate surface area is 301 Å². The maximum atomic E-state index is 6.34. The molecule has 5 nitrogen and oxygen atoms in total. The Balaban J connectivity index is 1.06. The highest BCUT2D eigenvalue weighted by Gasteiger charge is 2.20. The Morgan fingerprint density at radius 3 is 1.50 bits per heavy atom. The minimum Gasteiger partial charge on any atom is -0.454 e. The molecule has 0 aliphatic rings. The Kier molecular flexibility index (Phi) is 6.35. The molecule has 0 unspecified atom stereocenters. The third-order valence-electron chi connectivity index (χ3n) is 10.0. The minimum absolute atomic E-state index is 0.798. The van der Waals surface area contributed by atoms with Crippen LogP contribution in [-0.2, 0) is 0 Å². The van der Waals surface area contributed by atoms with Gasteiger partial charge in [0, 0.05) is 76.6 Å². The number of nitrogens with zero attached hydrogens (tertiary/aromatic N) is 3. The molecule has 11 aromatic rings. The van der Waals surface area contributed by atoms with Crippen molar-refractivity contribution in [2.45, 2.75) is 0 Å². The fourth-order valence-electron chi connectivity index (χ4n) is 7.62. The van der Waals surface area contributed by atoms with Crippen LogP contribution in [0.5, 0.6) is 0 Å². The van der Waals surface area contributed by atoms with Crippen molar-refractivity contribution >= 4 is 92.4 Å². The van der Waals surface area contributed by atoms with E-state index in [0.717, 1.165) is 83.5 Å². The van der Waals surface area contributed by atoms with Gasteiger partial charge < -0.3 is 13.7 Å². The summed E-state index contributed by atoms with van der Waals surface area (Å²) in [6, 6.07) is 52.9. The second kappa shape index (κ2) is 11.4. The molecule has 11 rings (SSSR count). The number of fused-ring (bicyclic) bond motifs is 9. The van der Waals surface area contributed by atoms with Crippen molar-refractivity contribution in [3.8, 4) is 22.5 Å². The van der Waals surface area contributed by atoms with E-state index in [2.05, 4.69) is 108 Å². The van der Waals surface area contributed by atoms with Crippen LogP contribution in [0.1, 0.15) is 0 Å². The molecular formula is C46H27N3O2S. The first-order valence-electron chi connectivity index (χ1n) is 17.2. The van der Waals surface area contributed by atoms with Gasteiger partial charge in [-0.1, -0.05) is 84.9 Å². The number of hydrogen-bond donors (Lipinski definition) is 0. The van der Waals surface area contributed by atoms with Gasteiger partial charge in [0.05, 0.1) is 5.69 Å². The average Bonchev–Trinajstić information content (AvgIpc) is 3.90. The van der Waals surface area contributed by atoms with Crippen molar-refractivity contribution < 1.29 is 8.83 Å². The summed E-state index contributed by atoms with van der Waals surface area (Å²) in [5, 5.41) is 6.80. The monoisotopic (exact) mass is 685 g/mol. The second-order valence-electron chi connectivity index (χ2n) is 12.9. The summed E-state index contributed by atoms with van der Waals surface area (Å²) >= 11 is 1.82. The fourth-order valence-corrected chi connectivity index (χ4v) is 8.75. The van der Waals surface area contributed by atoms with Gasteiger partial charge in [-0.05, 0) is 66.7 Å². The van der Waals surface area contributed by atoms with Gasteiger partial charge in [0.1, 0.15) is 22.6 Å². The molecule has 0 atom stereocenters. The minimum atomic E-state index is 0.798. The van der Waals surface area contributed by atoms with Crippen LogP contribution in [0.15, 0.2) is 173 Å². The molecule has 0 aliphatic heterocycles. The molecule has 0 bridgehead atoms. The molecule has 0 radical (unpaired) electrons. The van der Waals surface area contributed by atoms with Crippen molar-refractivity contribution in [3.63, 3.8) is 0 Å². The summed E-state index contributed by atoms with van der Waals surface area (Å²) in [5.74, 6) is 0. The van der Waals surface area contributed by atoms with Gasteiger partial charge in [0.2, 0.25) is 0 Å². The van der Waals surface area contributed by atoms with E-state index in [9.17, 15) is 0 Å². The van der Waals surface area contributed by atoms with Crippen molar-refractivity contribution in [3.05, 3.63) is 164 Å². The van der Waals surface area contributed by atoms with E-state index in [0.29, 0.717) is 0 Å². The highest BCUT2D eigenvalue weighted by atomic mass is 32.1. The molecule has 0 N–H and O–H groups in total. The van der Waals surface area contributed by atoms with Gasteiger partial charge in [-0.2, -0.15) is 0 Å². The fraction of sp³-hybridized carbons (Fsp3) is 0. The lowest BCUT2D eigenvalue weighted by molar-refractivity contribution is 0.668. The first-order valence-corrected chi connectivity index (χ1v) is 18.0. The van der Waals surface area contributed by atoms with E-state index in [-0.39, 0.29) is 0 Å². The molecule has 5 aromatic heterocycles. The normalized spacial score (nSPS) is 11.8. The lowest BCUT2D eigenvalue weighted by Gasteiger charge is -2.27.